The minimum absolute atomic E-state index is 0. The number of carbonyl (C=O) groups is 1. The van der Waals surface area contributed by atoms with Gasteiger partial charge in [-0.25, -0.2) is 8.42 Å². The molecule has 0 saturated heterocycles. The Morgan fingerprint density at radius 1 is 1.25 bits per heavy atom. The Morgan fingerprint density at radius 2 is 1.88 bits per heavy atom. The minimum atomic E-state index is -3.67. The monoisotopic (exact) mass is 397 g/mol. The summed E-state index contributed by atoms with van der Waals surface area (Å²) in [6.07, 6.45) is 1.07. The van der Waals surface area contributed by atoms with Crippen LogP contribution in [0.2, 0.25) is 5.02 Å². The molecule has 2 N–H and O–H groups in total. The van der Waals surface area contributed by atoms with E-state index in [4.69, 9.17) is 11.6 Å². The first-order valence-electron chi connectivity index (χ1n) is 7.60. The van der Waals surface area contributed by atoms with Crippen molar-refractivity contribution in [2.24, 2.45) is 0 Å². The van der Waals surface area contributed by atoms with Crippen molar-refractivity contribution in [1.29, 1.82) is 0 Å². The van der Waals surface area contributed by atoms with E-state index in [-0.39, 0.29) is 28.2 Å². The van der Waals surface area contributed by atoms with Gasteiger partial charge in [-0.1, -0.05) is 25.4 Å². The van der Waals surface area contributed by atoms with Crippen LogP contribution in [0.4, 0.5) is 5.69 Å². The molecule has 0 atom stereocenters. The predicted octanol–water partition coefficient (Wildman–Crippen LogP) is 2.73. The van der Waals surface area contributed by atoms with Crippen molar-refractivity contribution in [3.63, 3.8) is 0 Å². The van der Waals surface area contributed by atoms with Crippen LogP contribution in [-0.4, -0.2) is 45.3 Å². The Kier molecular flexibility index (Phi) is 10.5. The van der Waals surface area contributed by atoms with Gasteiger partial charge in [0.25, 0.3) is 0 Å². The van der Waals surface area contributed by atoms with Crippen LogP contribution in [0.5, 0.6) is 0 Å². The van der Waals surface area contributed by atoms with Crippen LogP contribution in [0.25, 0.3) is 0 Å². The molecular weight excluding hydrogens is 373 g/mol. The first kappa shape index (κ1) is 23.1. The Hall–Kier alpha value is -0.860. The SMILES string of the molecule is CCN(CC)S(=O)(=O)c1cc(NC(=O)CCCNC)ccc1Cl.Cl. The number of hydrogen-bond acceptors (Lipinski definition) is 4. The van der Waals surface area contributed by atoms with E-state index >= 15 is 0 Å². The van der Waals surface area contributed by atoms with E-state index in [0.29, 0.717) is 31.6 Å². The number of rotatable bonds is 9. The van der Waals surface area contributed by atoms with Crippen LogP contribution >= 0.6 is 24.0 Å². The summed E-state index contributed by atoms with van der Waals surface area (Å²) >= 11 is 6.05. The summed E-state index contributed by atoms with van der Waals surface area (Å²) in [7, 11) is -1.85. The average Bonchev–Trinajstić information content (AvgIpc) is 2.50. The number of nitrogens with zero attached hydrogens (tertiary/aromatic N) is 1. The molecule has 0 spiro atoms. The number of nitrogens with one attached hydrogen (secondary N) is 2. The van der Waals surface area contributed by atoms with Crippen LogP contribution in [0.15, 0.2) is 23.1 Å². The van der Waals surface area contributed by atoms with Gasteiger partial charge in [0.05, 0.1) is 5.02 Å². The van der Waals surface area contributed by atoms with Crippen molar-refractivity contribution in [1.82, 2.24) is 9.62 Å². The van der Waals surface area contributed by atoms with Crippen molar-refractivity contribution < 1.29 is 13.2 Å². The Morgan fingerprint density at radius 3 is 2.42 bits per heavy atom. The van der Waals surface area contributed by atoms with E-state index < -0.39 is 10.0 Å². The van der Waals surface area contributed by atoms with Gasteiger partial charge in [0, 0.05) is 25.2 Å². The molecule has 0 aliphatic carbocycles. The fraction of sp³-hybridized carbons (Fsp3) is 0.533. The van der Waals surface area contributed by atoms with Crippen LogP contribution in [0.1, 0.15) is 26.7 Å². The van der Waals surface area contributed by atoms with Gasteiger partial charge in [-0.2, -0.15) is 4.31 Å². The highest BCUT2D eigenvalue weighted by molar-refractivity contribution is 7.89. The molecule has 1 amide bonds. The number of sulfonamides is 1. The molecule has 1 aromatic rings. The lowest BCUT2D eigenvalue weighted by Crippen LogP contribution is -2.30. The number of benzene rings is 1. The number of halogens is 2. The summed E-state index contributed by atoms with van der Waals surface area (Å²) < 4.78 is 26.5. The summed E-state index contributed by atoms with van der Waals surface area (Å²) in [6.45, 7) is 4.99. The highest BCUT2D eigenvalue weighted by Gasteiger charge is 2.24. The molecule has 0 fully saturated rings. The van der Waals surface area contributed by atoms with Crippen LogP contribution in [-0.2, 0) is 14.8 Å². The lowest BCUT2D eigenvalue weighted by Gasteiger charge is -2.19. The first-order chi connectivity index (χ1) is 10.9. The third kappa shape index (κ3) is 6.22. The maximum Gasteiger partial charge on any atom is 0.244 e. The van der Waals surface area contributed by atoms with E-state index in [1.54, 1.807) is 19.9 Å². The quantitative estimate of drug-likeness (QED) is 0.627. The van der Waals surface area contributed by atoms with Gasteiger partial charge in [-0.3, -0.25) is 4.79 Å². The number of hydrogen-bond donors (Lipinski definition) is 2. The first-order valence-corrected chi connectivity index (χ1v) is 9.42. The molecule has 1 aromatic carbocycles. The summed E-state index contributed by atoms with van der Waals surface area (Å²) in [6, 6.07) is 4.49. The smallest absolute Gasteiger partial charge is 0.244 e. The largest absolute Gasteiger partial charge is 0.326 e. The second-order valence-corrected chi connectivity index (χ2v) is 7.30. The van der Waals surface area contributed by atoms with Gasteiger partial charge in [0.2, 0.25) is 15.9 Å². The summed E-state index contributed by atoms with van der Waals surface area (Å²) in [5, 5.41) is 5.82. The van der Waals surface area contributed by atoms with E-state index in [0.717, 1.165) is 6.54 Å². The molecular formula is C15H25Cl2N3O3S. The molecule has 0 aliphatic heterocycles. The molecule has 0 saturated carbocycles. The maximum absolute atomic E-state index is 12.6. The Balaban J connectivity index is 0.00000529. The standard InChI is InChI=1S/C15H24ClN3O3S.ClH/c1-4-19(5-2)23(21,22)14-11-12(8-9-13(14)16)18-15(20)7-6-10-17-3;/h8-9,11,17H,4-7,10H2,1-3H3,(H,18,20);1H. The third-order valence-corrected chi connectivity index (χ3v) is 5.90. The lowest BCUT2D eigenvalue weighted by molar-refractivity contribution is -0.116. The molecule has 0 bridgehead atoms. The lowest BCUT2D eigenvalue weighted by atomic mass is 10.2. The average molecular weight is 398 g/mol. The second-order valence-electron chi connectivity index (χ2n) is 4.99. The van der Waals surface area contributed by atoms with Gasteiger partial charge in [-0.15, -0.1) is 12.4 Å². The van der Waals surface area contributed by atoms with Gasteiger partial charge in [-0.05, 0) is 38.2 Å². The molecule has 0 aliphatic rings. The zero-order valence-electron chi connectivity index (χ0n) is 14.1. The van der Waals surface area contributed by atoms with E-state index in [9.17, 15) is 13.2 Å². The van der Waals surface area contributed by atoms with E-state index in [1.165, 1.54) is 16.4 Å². The Bertz CT molecular complexity index is 635. The molecule has 0 aromatic heterocycles. The number of anilines is 1. The molecule has 0 heterocycles. The second kappa shape index (κ2) is 10.9. The maximum atomic E-state index is 12.6. The molecule has 138 valence electrons. The van der Waals surface area contributed by atoms with Crippen molar-refractivity contribution >= 4 is 45.6 Å². The fourth-order valence-corrected chi connectivity index (χ4v) is 4.09. The normalized spacial score (nSPS) is 11.2. The molecule has 6 nitrogen and oxygen atoms in total. The van der Waals surface area contributed by atoms with E-state index in [2.05, 4.69) is 10.6 Å². The molecule has 1 rings (SSSR count). The van der Waals surface area contributed by atoms with Crippen LogP contribution < -0.4 is 10.6 Å². The third-order valence-electron chi connectivity index (χ3n) is 3.37. The fourth-order valence-electron chi connectivity index (χ4n) is 2.13. The number of carbonyl (C=O) groups excluding carboxylic acids is 1. The highest BCUT2D eigenvalue weighted by Crippen LogP contribution is 2.27. The van der Waals surface area contributed by atoms with Crippen molar-refractivity contribution in [2.75, 3.05) is 32.0 Å². The van der Waals surface area contributed by atoms with Crippen LogP contribution in [0.3, 0.4) is 0 Å². The topological polar surface area (TPSA) is 78.5 Å². The molecule has 0 radical (unpaired) electrons. The zero-order valence-corrected chi connectivity index (χ0v) is 16.5. The highest BCUT2D eigenvalue weighted by atomic mass is 35.5. The van der Waals surface area contributed by atoms with E-state index in [1.807, 2.05) is 7.05 Å². The summed E-state index contributed by atoms with van der Waals surface area (Å²) in [5.41, 5.74) is 0.426. The Labute approximate surface area is 155 Å². The van der Waals surface area contributed by atoms with Crippen molar-refractivity contribution in [2.45, 2.75) is 31.6 Å². The molecule has 9 heteroatoms. The molecule has 0 unspecified atom stereocenters. The van der Waals surface area contributed by atoms with Crippen molar-refractivity contribution in [3.8, 4) is 0 Å². The predicted molar refractivity (Wildman–Crippen MR) is 101 cm³/mol. The van der Waals surface area contributed by atoms with Crippen LogP contribution in [0, 0.1) is 0 Å². The summed E-state index contributed by atoms with van der Waals surface area (Å²) in [5.74, 6) is -0.159. The number of amides is 1. The van der Waals surface area contributed by atoms with Gasteiger partial charge in [0.15, 0.2) is 0 Å². The zero-order chi connectivity index (χ0) is 17.5. The summed E-state index contributed by atoms with van der Waals surface area (Å²) in [4.78, 5) is 11.9. The van der Waals surface area contributed by atoms with Gasteiger partial charge < -0.3 is 10.6 Å². The van der Waals surface area contributed by atoms with Crippen molar-refractivity contribution in [3.05, 3.63) is 23.2 Å². The minimum Gasteiger partial charge on any atom is -0.326 e. The van der Waals surface area contributed by atoms with Gasteiger partial charge >= 0.3 is 0 Å². The molecule has 24 heavy (non-hydrogen) atoms. The van der Waals surface area contributed by atoms with Gasteiger partial charge in [0.1, 0.15) is 4.90 Å².